The first-order valence-electron chi connectivity index (χ1n) is 10.4. The lowest BCUT2D eigenvalue weighted by atomic mass is 9.81. The van der Waals surface area contributed by atoms with E-state index in [0.29, 0.717) is 12.2 Å². The molecule has 0 bridgehead atoms. The fraction of sp³-hybridized carbons (Fsp3) is 0.269. The molecule has 3 aromatic rings. The van der Waals surface area contributed by atoms with E-state index in [2.05, 4.69) is 55.4 Å². The van der Waals surface area contributed by atoms with Gasteiger partial charge in [0.1, 0.15) is 11.4 Å². The average molecular weight is 433 g/mol. The lowest BCUT2D eigenvalue weighted by Gasteiger charge is -2.31. The van der Waals surface area contributed by atoms with Gasteiger partial charge in [0.25, 0.3) is 0 Å². The first-order chi connectivity index (χ1) is 15.0. The normalized spacial score (nSPS) is 17.5. The predicted octanol–water partition coefficient (Wildman–Crippen LogP) is 5.96. The highest BCUT2D eigenvalue weighted by atomic mass is 32.2. The molecule has 0 amide bonds. The SMILES string of the molecule is CN(C)CCC[C@@]1(c2ccc(Sc3ccc(F)cc3)cc2)OCc2cc(C#N)ccc21. The summed E-state index contributed by atoms with van der Waals surface area (Å²) in [5.74, 6) is -0.226. The summed E-state index contributed by atoms with van der Waals surface area (Å²) in [6.07, 6.45) is 1.87. The van der Waals surface area contributed by atoms with Gasteiger partial charge in [-0.05, 0) is 98.7 Å². The lowest BCUT2D eigenvalue weighted by Crippen LogP contribution is -2.28. The zero-order chi connectivity index (χ0) is 21.8. The maximum Gasteiger partial charge on any atom is 0.123 e. The quantitative estimate of drug-likeness (QED) is 0.461. The third kappa shape index (κ3) is 4.67. The third-order valence-electron chi connectivity index (χ3n) is 5.65. The van der Waals surface area contributed by atoms with Crippen LogP contribution in [0.2, 0.25) is 0 Å². The first-order valence-corrected chi connectivity index (χ1v) is 11.2. The van der Waals surface area contributed by atoms with Crippen LogP contribution in [0.15, 0.2) is 76.5 Å². The van der Waals surface area contributed by atoms with Gasteiger partial charge in [-0.1, -0.05) is 30.0 Å². The van der Waals surface area contributed by atoms with E-state index in [4.69, 9.17) is 4.74 Å². The summed E-state index contributed by atoms with van der Waals surface area (Å²) in [5.41, 5.74) is 3.53. The van der Waals surface area contributed by atoms with Gasteiger partial charge in [-0.15, -0.1) is 0 Å². The third-order valence-corrected chi connectivity index (χ3v) is 6.66. The Morgan fingerprint density at radius 2 is 1.71 bits per heavy atom. The van der Waals surface area contributed by atoms with Gasteiger partial charge >= 0.3 is 0 Å². The second kappa shape index (κ2) is 9.23. The van der Waals surface area contributed by atoms with Gasteiger partial charge in [0.05, 0.1) is 18.2 Å². The summed E-state index contributed by atoms with van der Waals surface area (Å²) in [6.45, 7) is 1.49. The van der Waals surface area contributed by atoms with Crippen LogP contribution in [0, 0.1) is 17.1 Å². The van der Waals surface area contributed by atoms with Crippen LogP contribution in [0.1, 0.15) is 35.1 Å². The molecule has 0 fully saturated rings. The number of ether oxygens (including phenoxy) is 1. The fourth-order valence-electron chi connectivity index (χ4n) is 4.12. The molecular formula is C26H25FN2OS. The highest BCUT2D eigenvalue weighted by Gasteiger charge is 2.41. The van der Waals surface area contributed by atoms with E-state index in [1.807, 2.05) is 12.1 Å². The molecule has 0 aromatic heterocycles. The highest BCUT2D eigenvalue weighted by Crippen LogP contribution is 2.46. The minimum Gasteiger partial charge on any atom is -0.361 e. The van der Waals surface area contributed by atoms with Gasteiger partial charge < -0.3 is 9.64 Å². The van der Waals surface area contributed by atoms with Crippen LogP contribution in [0.5, 0.6) is 0 Å². The van der Waals surface area contributed by atoms with Gasteiger partial charge in [0.2, 0.25) is 0 Å². The largest absolute Gasteiger partial charge is 0.361 e. The molecule has 0 aliphatic carbocycles. The van der Waals surface area contributed by atoms with Crippen LogP contribution >= 0.6 is 11.8 Å². The van der Waals surface area contributed by atoms with Crippen molar-refractivity contribution in [1.82, 2.24) is 4.90 Å². The van der Waals surface area contributed by atoms with Crippen LogP contribution in [0.3, 0.4) is 0 Å². The molecule has 0 spiro atoms. The van der Waals surface area contributed by atoms with Gasteiger partial charge in [-0.3, -0.25) is 0 Å². The Balaban J connectivity index is 1.64. The van der Waals surface area contributed by atoms with E-state index in [0.717, 1.165) is 45.9 Å². The Bertz CT molecular complexity index is 1090. The number of hydrogen-bond donors (Lipinski definition) is 0. The summed E-state index contributed by atoms with van der Waals surface area (Å²) in [7, 11) is 4.16. The smallest absolute Gasteiger partial charge is 0.123 e. The minimum absolute atomic E-state index is 0.226. The van der Waals surface area contributed by atoms with E-state index in [-0.39, 0.29) is 5.82 Å². The van der Waals surface area contributed by atoms with Crippen LogP contribution in [0.25, 0.3) is 0 Å². The molecular weight excluding hydrogens is 407 g/mol. The van der Waals surface area contributed by atoms with Crippen LogP contribution in [0.4, 0.5) is 4.39 Å². The topological polar surface area (TPSA) is 36.3 Å². The van der Waals surface area contributed by atoms with Crippen LogP contribution in [-0.4, -0.2) is 25.5 Å². The van der Waals surface area contributed by atoms with E-state index in [1.165, 1.54) is 12.1 Å². The number of nitriles is 1. The number of hydrogen-bond acceptors (Lipinski definition) is 4. The molecule has 0 saturated carbocycles. The Morgan fingerprint density at radius 1 is 1.03 bits per heavy atom. The molecule has 1 aliphatic heterocycles. The number of nitrogens with zero attached hydrogens (tertiary/aromatic N) is 2. The molecule has 3 aromatic carbocycles. The number of rotatable bonds is 7. The summed E-state index contributed by atoms with van der Waals surface area (Å²) >= 11 is 1.61. The molecule has 1 aliphatic rings. The number of halogens is 1. The summed E-state index contributed by atoms with van der Waals surface area (Å²) < 4.78 is 19.6. The van der Waals surface area contributed by atoms with Crippen molar-refractivity contribution >= 4 is 11.8 Å². The van der Waals surface area contributed by atoms with Crippen molar-refractivity contribution in [3.63, 3.8) is 0 Å². The van der Waals surface area contributed by atoms with Crippen molar-refractivity contribution in [2.24, 2.45) is 0 Å². The summed E-state index contributed by atoms with van der Waals surface area (Å²) in [5, 5.41) is 9.27. The van der Waals surface area contributed by atoms with Gasteiger partial charge in [-0.2, -0.15) is 5.26 Å². The van der Waals surface area contributed by atoms with E-state index >= 15 is 0 Å². The molecule has 0 radical (unpaired) electrons. The zero-order valence-electron chi connectivity index (χ0n) is 17.8. The van der Waals surface area contributed by atoms with E-state index in [9.17, 15) is 9.65 Å². The highest BCUT2D eigenvalue weighted by molar-refractivity contribution is 7.99. The fourth-order valence-corrected chi connectivity index (χ4v) is 4.94. The van der Waals surface area contributed by atoms with Gasteiger partial charge in [0.15, 0.2) is 0 Å². The Labute approximate surface area is 187 Å². The van der Waals surface area contributed by atoms with Crippen molar-refractivity contribution in [3.05, 3.63) is 94.8 Å². The Kier molecular flexibility index (Phi) is 6.43. The lowest BCUT2D eigenvalue weighted by molar-refractivity contribution is -0.0140. The molecule has 1 atom stereocenters. The first kappa shape index (κ1) is 21.6. The monoisotopic (exact) mass is 432 g/mol. The standard InChI is InChI=1S/C26H25FN2OS/c1-29(2)15-3-14-26(25-13-4-19(17-28)16-20(25)18-30-26)21-5-9-23(10-6-21)31-24-11-7-22(27)8-12-24/h4-13,16H,3,14-15,18H2,1-2H3/t26-/m0/s1. The van der Waals surface area contributed by atoms with Crippen LogP contribution < -0.4 is 0 Å². The van der Waals surface area contributed by atoms with Crippen LogP contribution in [-0.2, 0) is 16.9 Å². The zero-order valence-corrected chi connectivity index (χ0v) is 18.6. The van der Waals surface area contributed by atoms with Gasteiger partial charge in [0, 0.05) is 9.79 Å². The second-order valence-corrected chi connectivity index (χ2v) is 9.23. The Morgan fingerprint density at radius 3 is 2.35 bits per heavy atom. The summed E-state index contributed by atoms with van der Waals surface area (Å²) in [4.78, 5) is 4.28. The average Bonchev–Trinajstić information content (AvgIpc) is 3.14. The van der Waals surface area contributed by atoms with Crippen molar-refractivity contribution in [2.75, 3.05) is 20.6 Å². The molecule has 158 valence electrons. The van der Waals surface area contributed by atoms with E-state index < -0.39 is 5.60 Å². The van der Waals surface area contributed by atoms with Crippen molar-refractivity contribution in [2.45, 2.75) is 34.8 Å². The Hall–Kier alpha value is -2.65. The van der Waals surface area contributed by atoms with Crippen molar-refractivity contribution < 1.29 is 9.13 Å². The predicted molar refractivity (Wildman–Crippen MR) is 121 cm³/mol. The molecule has 0 unspecified atom stereocenters. The molecule has 4 rings (SSSR count). The molecule has 3 nitrogen and oxygen atoms in total. The second-order valence-electron chi connectivity index (χ2n) is 8.09. The molecule has 1 heterocycles. The maximum absolute atomic E-state index is 13.2. The van der Waals surface area contributed by atoms with E-state index in [1.54, 1.807) is 23.9 Å². The van der Waals surface area contributed by atoms with Gasteiger partial charge in [-0.25, -0.2) is 4.39 Å². The summed E-state index contributed by atoms with van der Waals surface area (Å²) in [6, 6.07) is 23.1. The van der Waals surface area contributed by atoms with Crippen molar-refractivity contribution in [3.8, 4) is 6.07 Å². The molecule has 0 saturated heterocycles. The molecule has 5 heteroatoms. The molecule has 31 heavy (non-hydrogen) atoms. The van der Waals surface area contributed by atoms with Crippen molar-refractivity contribution in [1.29, 1.82) is 5.26 Å². The minimum atomic E-state index is -0.502. The maximum atomic E-state index is 13.2. The number of benzene rings is 3. The molecule has 0 N–H and O–H groups in total. The number of fused-ring (bicyclic) bond motifs is 1.